The monoisotopic (exact) mass is 355 g/mol. The van der Waals surface area contributed by atoms with E-state index in [1.165, 1.54) is 16.3 Å². The lowest BCUT2D eigenvalue weighted by Gasteiger charge is -2.07. The molecule has 25 heavy (non-hydrogen) atoms. The van der Waals surface area contributed by atoms with Crippen molar-refractivity contribution < 1.29 is 0 Å². The highest BCUT2D eigenvalue weighted by molar-refractivity contribution is 7.98. The highest BCUT2D eigenvalue weighted by Crippen LogP contribution is 2.23. The van der Waals surface area contributed by atoms with Crippen LogP contribution in [0, 0.1) is 0 Å². The van der Waals surface area contributed by atoms with Crippen molar-refractivity contribution in [3.8, 4) is 0 Å². The normalized spacial score (nSPS) is 11.4. The van der Waals surface area contributed by atoms with Crippen LogP contribution >= 0.6 is 11.8 Å². The molecule has 0 fully saturated rings. The first-order chi connectivity index (χ1) is 12.0. The fourth-order valence-electron chi connectivity index (χ4n) is 2.56. The first-order valence-electron chi connectivity index (χ1n) is 7.26. The van der Waals surface area contributed by atoms with Crippen molar-refractivity contribution in [1.82, 2.24) is 34.1 Å². The molecule has 10 nitrogen and oxygen atoms in total. The van der Waals surface area contributed by atoms with Crippen molar-refractivity contribution in [3.63, 3.8) is 0 Å². The van der Waals surface area contributed by atoms with Gasteiger partial charge in [-0.1, -0.05) is 23.9 Å². The third-order valence-electron chi connectivity index (χ3n) is 3.64. The quantitative estimate of drug-likeness (QED) is 0.493. The Morgan fingerprint density at radius 3 is 2.56 bits per heavy atom. The maximum absolute atomic E-state index is 12.4. The third kappa shape index (κ3) is 2.54. The molecular formula is C14H13N9OS. The highest BCUT2D eigenvalue weighted by atomic mass is 32.2. The van der Waals surface area contributed by atoms with Crippen LogP contribution < -0.4 is 17.0 Å². The van der Waals surface area contributed by atoms with Crippen molar-refractivity contribution in [3.05, 3.63) is 40.4 Å². The average molecular weight is 355 g/mol. The van der Waals surface area contributed by atoms with E-state index in [4.69, 9.17) is 11.5 Å². The zero-order valence-corrected chi connectivity index (χ0v) is 13.9. The molecule has 0 aliphatic heterocycles. The molecular weight excluding hydrogens is 342 g/mol. The highest BCUT2D eigenvalue weighted by Gasteiger charge is 2.15. The predicted molar refractivity (Wildman–Crippen MR) is 93.9 cm³/mol. The van der Waals surface area contributed by atoms with E-state index in [1.807, 2.05) is 22.6 Å². The van der Waals surface area contributed by atoms with Crippen LogP contribution in [0.2, 0.25) is 0 Å². The number of para-hydroxylation sites is 1. The minimum absolute atomic E-state index is 0.0713. The summed E-state index contributed by atoms with van der Waals surface area (Å²) in [5.41, 5.74) is 11.8. The zero-order chi connectivity index (χ0) is 17.6. The van der Waals surface area contributed by atoms with Crippen LogP contribution in [0.4, 0.5) is 11.9 Å². The van der Waals surface area contributed by atoms with Crippen molar-refractivity contribution in [1.29, 1.82) is 0 Å². The summed E-state index contributed by atoms with van der Waals surface area (Å²) in [5.74, 6) is 1.43. The second-order valence-corrected chi connectivity index (χ2v) is 6.20. The summed E-state index contributed by atoms with van der Waals surface area (Å²) >= 11 is 1.37. The molecule has 4 aromatic rings. The van der Waals surface area contributed by atoms with Crippen LogP contribution in [0.1, 0.15) is 5.82 Å². The number of anilines is 2. The molecule has 11 heteroatoms. The molecule has 0 aliphatic carbocycles. The molecule has 0 saturated carbocycles. The fourth-order valence-corrected chi connectivity index (χ4v) is 3.35. The van der Waals surface area contributed by atoms with E-state index in [0.717, 1.165) is 5.52 Å². The Balaban J connectivity index is 1.82. The van der Waals surface area contributed by atoms with Gasteiger partial charge in [-0.3, -0.25) is 13.8 Å². The molecule has 126 valence electrons. The van der Waals surface area contributed by atoms with Crippen LogP contribution in [-0.2, 0) is 12.8 Å². The van der Waals surface area contributed by atoms with Crippen molar-refractivity contribution in [2.75, 3.05) is 11.5 Å². The van der Waals surface area contributed by atoms with Crippen LogP contribution in [0.5, 0.6) is 0 Å². The molecule has 3 heterocycles. The van der Waals surface area contributed by atoms with Gasteiger partial charge in [-0.15, -0.1) is 10.2 Å². The molecule has 0 atom stereocenters. The Kier molecular flexibility index (Phi) is 3.50. The first kappa shape index (κ1) is 15.3. The maximum atomic E-state index is 12.4. The summed E-state index contributed by atoms with van der Waals surface area (Å²) in [6, 6.07) is 7.32. The number of fused-ring (bicyclic) bond motifs is 3. The van der Waals surface area contributed by atoms with Gasteiger partial charge in [0.1, 0.15) is 5.82 Å². The van der Waals surface area contributed by atoms with E-state index in [9.17, 15) is 4.79 Å². The standard InChI is InChI=1S/C14H13N9OS/c1-22-10(24)7-4-2-3-5-8(7)23-13(22)20-21-14(23)25-6-9-17-11(15)19-12(16)18-9/h2-5H,6H2,1H3,(H4,15,16,17,18,19). The molecule has 0 amide bonds. The third-order valence-corrected chi connectivity index (χ3v) is 4.57. The Labute approximate surface area is 144 Å². The van der Waals surface area contributed by atoms with Crippen LogP contribution in [0.3, 0.4) is 0 Å². The van der Waals surface area contributed by atoms with Gasteiger partial charge in [-0.25, -0.2) is 0 Å². The minimum atomic E-state index is -0.120. The largest absolute Gasteiger partial charge is 0.368 e. The molecule has 0 bridgehead atoms. The number of aromatic nitrogens is 7. The van der Waals surface area contributed by atoms with Gasteiger partial charge in [-0.05, 0) is 12.1 Å². The lowest BCUT2D eigenvalue weighted by Crippen LogP contribution is -2.20. The number of thioether (sulfide) groups is 1. The molecule has 3 aromatic heterocycles. The van der Waals surface area contributed by atoms with Crippen LogP contribution in [0.15, 0.2) is 34.2 Å². The Morgan fingerprint density at radius 2 is 1.80 bits per heavy atom. The lowest BCUT2D eigenvalue weighted by molar-refractivity contribution is 0.853. The van der Waals surface area contributed by atoms with Crippen molar-refractivity contribution in [2.24, 2.45) is 7.05 Å². The molecule has 0 aliphatic rings. The number of nitrogens with two attached hydrogens (primary N) is 2. The van der Waals surface area contributed by atoms with E-state index < -0.39 is 0 Å². The number of hydrogen-bond donors (Lipinski definition) is 2. The van der Waals surface area contributed by atoms with Gasteiger partial charge in [0.05, 0.1) is 16.7 Å². The Hall–Kier alpha value is -3.21. The van der Waals surface area contributed by atoms with Crippen molar-refractivity contribution in [2.45, 2.75) is 10.9 Å². The number of hydrogen-bond acceptors (Lipinski definition) is 9. The number of nitrogens with zero attached hydrogens (tertiary/aromatic N) is 7. The SMILES string of the molecule is Cn1c(=O)c2ccccc2n2c(SCc3nc(N)nc(N)n3)nnc12. The average Bonchev–Trinajstić information content (AvgIpc) is 3.01. The first-order valence-corrected chi connectivity index (χ1v) is 8.24. The molecule has 4 rings (SSSR count). The summed E-state index contributed by atoms with van der Waals surface area (Å²) in [5, 5.41) is 9.52. The van der Waals surface area contributed by atoms with E-state index >= 15 is 0 Å². The predicted octanol–water partition coefficient (Wildman–Crippen LogP) is 0.223. The van der Waals surface area contributed by atoms with Gasteiger partial charge in [0.15, 0.2) is 5.16 Å². The smallest absolute Gasteiger partial charge is 0.262 e. The van der Waals surface area contributed by atoms with Gasteiger partial charge >= 0.3 is 0 Å². The second-order valence-electron chi connectivity index (χ2n) is 5.26. The van der Waals surface area contributed by atoms with Gasteiger partial charge in [-0.2, -0.15) is 15.0 Å². The topological polar surface area (TPSA) is 143 Å². The molecule has 4 N–H and O–H groups in total. The molecule has 0 unspecified atom stereocenters. The molecule has 0 spiro atoms. The van der Waals surface area contributed by atoms with Crippen molar-refractivity contribution >= 4 is 40.3 Å². The summed E-state index contributed by atoms with van der Waals surface area (Å²) in [6.45, 7) is 0. The minimum Gasteiger partial charge on any atom is -0.368 e. The summed E-state index contributed by atoms with van der Waals surface area (Å²) < 4.78 is 3.30. The summed E-state index contributed by atoms with van der Waals surface area (Å²) in [6.07, 6.45) is 0. The van der Waals surface area contributed by atoms with Crippen LogP contribution in [-0.4, -0.2) is 34.1 Å². The van der Waals surface area contributed by atoms with E-state index in [0.29, 0.717) is 27.9 Å². The Bertz CT molecular complexity index is 1150. The molecule has 0 saturated heterocycles. The fraction of sp³-hybridized carbons (Fsp3) is 0.143. The summed E-state index contributed by atoms with van der Waals surface area (Å²) in [4.78, 5) is 24.3. The number of aryl methyl sites for hydroxylation is 1. The number of nitrogen functional groups attached to an aromatic ring is 2. The number of rotatable bonds is 3. The van der Waals surface area contributed by atoms with Gasteiger partial charge < -0.3 is 11.5 Å². The lowest BCUT2D eigenvalue weighted by atomic mass is 10.2. The van der Waals surface area contributed by atoms with Crippen LogP contribution in [0.25, 0.3) is 16.7 Å². The maximum Gasteiger partial charge on any atom is 0.262 e. The van der Waals surface area contributed by atoms with Gasteiger partial charge in [0, 0.05) is 7.05 Å². The Morgan fingerprint density at radius 1 is 1.08 bits per heavy atom. The molecule has 1 aromatic carbocycles. The summed E-state index contributed by atoms with van der Waals surface area (Å²) in [7, 11) is 1.67. The van der Waals surface area contributed by atoms with Gasteiger partial charge in [0.25, 0.3) is 5.56 Å². The molecule has 0 radical (unpaired) electrons. The van der Waals surface area contributed by atoms with E-state index in [2.05, 4.69) is 25.1 Å². The van der Waals surface area contributed by atoms with E-state index in [-0.39, 0.29) is 17.5 Å². The second kappa shape index (κ2) is 5.70. The number of benzene rings is 1. The van der Waals surface area contributed by atoms with E-state index in [1.54, 1.807) is 13.1 Å². The zero-order valence-electron chi connectivity index (χ0n) is 13.1. The van der Waals surface area contributed by atoms with Gasteiger partial charge in [0.2, 0.25) is 17.7 Å².